The van der Waals surface area contributed by atoms with Crippen LogP contribution in [0.15, 0.2) is 52.4 Å². The maximum Gasteiger partial charge on any atom is 0.270 e. The third kappa shape index (κ3) is 4.15. The molecule has 136 valence electrons. The molecule has 0 atom stereocenters. The molecule has 0 saturated carbocycles. The molecule has 1 N–H and O–H groups in total. The highest BCUT2D eigenvalue weighted by Crippen LogP contribution is 2.25. The molecule has 8 heteroatoms. The molecule has 0 spiro atoms. The Morgan fingerprint density at radius 1 is 1.26 bits per heavy atom. The summed E-state index contributed by atoms with van der Waals surface area (Å²) in [4.78, 5) is 18.9. The van der Waals surface area contributed by atoms with E-state index in [4.69, 9.17) is 4.74 Å². The largest absolute Gasteiger partial charge is 0.489 e. The van der Waals surface area contributed by atoms with Gasteiger partial charge in [-0.1, -0.05) is 23.9 Å². The normalized spacial score (nSPS) is 10.4. The van der Waals surface area contributed by atoms with Gasteiger partial charge < -0.3 is 9.72 Å². The fourth-order valence-corrected chi connectivity index (χ4v) is 2.77. The van der Waals surface area contributed by atoms with Crippen LogP contribution in [0.2, 0.25) is 0 Å². The zero-order valence-electron chi connectivity index (χ0n) is 14.1. The van der Waals surface area contributed by atoms with Gasteiger partial charge in [0.05, 0.1) is 5.69 Å². The highest BCUT2D eigenvalue weighted by molar-refractivity contribution is 7.98. The van der Waals surface area contributed by atoms with Crippen LogP contribution in [0, 0.1) is 23.0 Å². The summed E-state index contributed by atoms with van der Waals surface area (Å²) in [6.07, 6.45) is 1.75. The van der Waals surface area contributed by atoms with E-state index < -0.39 is 17.2 Å². The molecule has 0 fully saturated rings. The van der Waals surface area contributed by atoms with E-state index in [1.54, 1.807) is 30.5 Å². The molecule has 27 heavy (non-hydrogen) atoms. The molecule has 0 amide bonds. The van der Waals surface area contributed by atoms with E-state index in [1.807, 2.05) is 6.07 Å². The average Bonchev–Trinajstić information content (AvgIpc) is 2.67. The molecule has 0 bridgehead atoms. The maximum atomic E-state index is 13.7. The van der Waals surface area contributed by atoms with Gasteiger partial charge in [-0.15, -0.1) is 0 Å². The lowest BCUT2D eigenvalue weighted by atomic mass is 10.1. The van der Waals surface area contributed by atoms with Gasteiger partial charge in [-0.2, -0.15) is 5.26 Å². The van der Waals surface area contributed by atoms with Crippen LogP contribution in [0.3, 0.4) is 0 Å². The van der Waals surface area contributed by atoms with E-state index in [1.165, 1.54) is 17.8 Å². The van der Waals surface area contributed by atoms with E-state index in [0.29, 0.717) is 16.5 Å². The molecule has 3 rings (SSSR count). The molecular weight excluding hydrogens is 372 g/mol. The van der Waals surface area contributed by atoms with Crippen LogP contribution in [0.5, 0.6) is 5.75 Å². The molecule has 0 saturated heterocycles. The second-order valence-electron chi connectivity index (χ2n) is 5.46. The predicted molar refractivity (Wildman–Crippen MR) is 97.5 cm³/mol. The van der Waals surface area contributed by atoms with Crippen LogP contribution in [0.25, 0.3) is 11.3 Å². The minimum absolute atomic E-state index is 0.0977. The number of hydrogen-bond acceptors (Lipinski definition) is 5. The van der Waals surface area contributed by atoms with Crippen molar-refractivity contribution < 1.29 is 13.5 Å². The molecule has 0 unspecified atom stereocenters. The molecule has 1 aromatic heterocycles. The number of halogens is 2. The predicted octanol–water partition coefficient (Wildman–Crippen LogP) is 3.89. The maximum absolute atomic E-state index is 13.7. The Bertz CT molecular complexity index is 1090. The number of benzene rings is 2. The molecule has 5 nitrogen and oxygen atoms in total. The Morgan fingerprint density at radius 2 is 2.07 bits per heavy atom. The lowest BCUT2D eigenvalue weighted by Gasteiger charge is -2.10. The number of H-pyrrole nitrogens is 1. The van der Waals surface area contributed by atoms with Gasteiger partial charge in [-0.3, -0.25) is 4.79 Å². The SMILES string of the molecule is CSc1nc(-c2cccc(OCc3ccc(F)cc3F)c2)c(C#N)c(=O)[nH]1. The summed E-state index contributed by atoms with van der Waals surface area (Å²) in [6.45, 7) is -0.0977. The second kappa shape index (κ2) is 8.01. The first kappa shape index (κ1) is 18.6. The van der Waals surface area contributed by atoms with Crippen molar-refractivity contribution in [1.82, 2.24) is 9.97 Å². The number of aromatic nitrogens is 2. The summed E-state index contributed by atoms with van der Waals surface area (Å²) in [5, 5.41) is 9.66. The van der Waals surface area contributed by atoms with Gasteiger partial charge in [-0.25, -0.2) is 13.8 Å². The Labute approximate surface area is 157 Å². The van der Waals surface area contributed by atoms with Crippen molar-refractivity contribution in [3.63, 3.8) is 0 Å². The first-order valence-electron chi connectivity index (χ1n) is 7.77. The van der Waals surface area contributed by atoms with Crippen molar-refractivity contribution in [2.45, 2.75) is 11.8 Å². The summed E-state index contributed by atoms with van der Waals surface area (Å²) in [7, 11) is 0. The lowest BCUT2D eigenvalue weighted by molar-refractivity contribution is 0.299. The van der Waals surface area contributed by atoms with Gasteiger partial charge >= 0.3 is 0 Å². The number of hydrogen-bond donors (Lipinski definition) is 1. The summed E-state index contributed by atoms with van der Waals surface area (Å²) in [5.41, 5.74) is 0.341. The fourth-order valence-electron chi connectivity index (χ4n) is 2.39. The topological polar surface area (TPSA) is 78.8 Å². The summed E-state index contributed by atoms with van der Waals surface area (Å²) in [6, 6.07) is 11.7. The van der Waals surface area contributed by atoms with Gasteiger partial charge in [0.25, 0.3) is 5.56 Å². The molecule has 2 aromatic carbocycles. The number of aromatic amines is 1. The van der Waals surface area contributed by atoms with E-state index in [0.717, 1.165) is 12.1 Å². The quantitative estimate of drug-likeness (QED) is 0.533. The highest BCUT2D eigenvalue weighted by Gasteiger charge is 2.14. The average molecular weight is 385 g/mol. The van der Waals surface area contributed by atoms with Crippen LogP contribution >= 0.6 is 11.8 Å². The van der Waals surface area contributed by atoms with Crippen molar-refractivity contribution in [2.75, 3.05) is 6.26 Å². The Kier molecular flexibility index (Phi) is 5.52. The van der Waals surface area contributed by atoms with Crippen molar-refractivity contribution in [3.8, 4) is 23.1 Å². The second-order valence-corrected chi connectivity index (χ2v) is 6.26. The molecule has 0 radical (unpaired) electrons. The Hall–Kier alpha value is -3.18. The number of thioether (sulfide) groups is 1. The number of ether oxygens (including phenoxy) is 1. The van der Waals surface area contributed by atoms with Crippen LogP contribution in [-0.2, 0) is 6.61 Å². The van der Waals surface area contributed by atoms with Crippen LogP contribution in [0.1, 0.15) is 11.1 Å². The molecule has 0 aliphatic rings. The minimum atomic E-state index is -0.696. The molecule has 0 aliphatic heterocycles. The summed E-state index contributed by atoms with van der Waals surface area (Å²) in [5.74, 6) is -0.959. The van der Waals surface area contributed by atoms with Crippen molar-refractivity contribution in [3.05, 3.63) is 75.6 Å². The summed E-state index contributed by atoms with van der Waals surface area (Å²) >= 11 is 1.25. The fraction of sp³-hybridized carbons (Fsp3) is 0.105. The van der Waals surface area contributed by atoms with Crippen molar-refractivity contribution in [1.29, 1.82) is 5.26 Å². The van der Waals surface area contributed by atoms with Gasteiger partial charge in [0, 0.05) is 17.2 Å². The van der Waals surface area contributed by atoms with Gasteiger partial charge in [0.1, 0.15) is 35.6 Å². The Balaban J connectivity index is 1.91. The first-order chi connectivity index (χ1) is 13.0. The number of nitrogens with zero attached hydrogens (tertiary/aromatic N) is 2. The Morgan fingerprint density at radius 3 is 2.78 bits per heavy atom. The number of nitriles is 1. The van der Waals surface area contributed by atoms with Gasteiger partial charge in [0.15, 0.2) is 5.16 Å². The van der Waals surface area contributed by atoms with Crippen LogP contribution in [-0.4, -0.2) is 16.2 Å². The standard InChI is InChI=1S/C19H13F2N3O2S/c1-27-19-23-17(15(9-22)18(25)24-19)11-3-2-4-14(7-11)26-10-12-5-6-13(20)8-16(12)21/h2-8H,10H2,1H3,(H,23,24,25). The zero-order chi connectivity index (χ0) is 19.4. The van der Waals surface area contributed by atoms with E-state index in [9.17, 15) is 18.8 Å². The molecular formula is C19H13F2N3O2S. The van der Waals surface area contributed by atoms with E-state index >= 15 is 0 Å². The third-order valence-electron chi connectivity index (χ3n) is 3.72. The van der Waals surface area contributed by atoms with Gasteiger partial charge in [-0.05, 0) is 30.5 Å². The summed E-state index contributed by atoms with van der Waals surface area (Å²) < 4.78 is 32.3. The monoisotopic (exact) mass is 385 g/mol. The van der Waals surface area contributed by atoms with Crippen molar-refractivity contribution in [2.24, 2.45) is 0 Å². The third-order valence-corrected chi connectivity index (χ3v) is 4.30. The van der Waals surface area contributed by atoms with Gasteiger partial charge in [0.2, 0.25) is 0 Å². The van der Waals surface area contributed by atoms with Crippen LogP contribution < -0.4 is 10.3 Å². The lowest BCUT2D eigenvalue weighted by Crippen LogP contribution is -2.14. The smallest absolute Gasteiger partial charge is 0.270 e. The number of rotatable bonds is 5. The minimum Gasteiger partial charge on any atom is -0.489 e. The highest BCUT2D eigenvalue weighted by atomic mass is 32.2. The zero-order valence-corrected chi connectivity index (χ0v) is 14.9. The first-order valence-corrected chi connectivity index (χ1v) is 9.00. The molecule has 0 aliphatic carbocycles. The molecule has 1 heterocycles. The number of nitrogens with one attached hydrogen (secondary N) is 1. The van der Waals surface area contributed by atoms with E-state index in [2.05, 4.69) is 9.97 Å². The van der Waals surface area contributed by atoms with Crippen molar-refractivity contribution >= 4 is 11.8 Å². The van der Waals surface area contributed by atoms with E-state index in [-0.39, 0.29) is 23.4 Å². The molecule has 3 aromatic rings. The van der Waals surface area contributed by atoms with Crippen LogP contribution in [0.4, 0.5) is 8.78 Å².